The fraction of sp³-hybridized carbons (Fsp3) is 0.533. The average molecular weight is 307 g/mol. The summed E-state index contributed by atoms with van der Waals surface area (Å²) in [7, 11) is 0. The number of amides is 1. The number of non-ortho nitro benzene ring substituents is 1. The quantitative estimate of drug-likeness (QED) is 0.659. The summed E-state index contributed by atoms with van der Waals surface area (Å²) in [5.74, 6) is 0.703. The lowest BCUT2D eigenvalue weighted by Crippen LogP contribution is -2.43. The normalized spacial score (nSPS) is 17.1. The summed E-state index contributed by atoms with van der Waals surface area (Å²) in [6, 6.07) is 5.94. The van der Waals surface area contributed by atoms with Crippen molar-refractivity contribution in [2.24, 2.45) is 5.73 Å². The van der Waals surface area contributed by atoms with Gasteiger partial charge in [-0.2, -0.15) is 0 Å². The molecule has 1 fully saturated rings. The standard InChI is InChI=1S/C15H21N3O4/c1-11(16)10-15(19)17-8-6-14(7-9-17)22-13-4-2-12(3-5-13)18(20)21/h2-5,11,14H,6-10,16H2,1H3. The van der Waals surface area contributed by atoms with Crippen LogP contribution < -0.4 is 10.5 Å². The van der Waals surface area contributed by atoms with Crippen molar-refractivity contribution in [1.29, 1.82) is 0 Å². The number of nitrogens with zero attached hydrogens (tertiary/aromatic N) is 2. The first-order valence-electron chi connectivity index (χ1n) is 7.40. The zero-order valence-electron chi connectivity index (χ0n) is 12.6. The van der Waals surface area contributed by atoms with Crippen LogP contribution in [0.2, 0.25) is 0 Å². The number of carbonyl (C=O) groups is 1. The molecule has 7 heteroatoms. The van der Waals surface area contributed by atoms with Crippen LogP contribution in [0.25, 0.3) is 0 Å². The minimum Gasteiger partial charge on any atom is -0.490 e. The molecule has 2 N–H and O–H groups in total. The number of hydrogen-bond donors (Lipinski definition) is 1. The Morgan fingerprint density at radius 1 is 1.41 bits per heavy atom. The van der Waals surface area contributed by atoms with Gasteiger partial charge in [-0.15, -0.1) is 0 Å². The number of benzene rings is 1. The molecule has 7 nitrogen and oxygen atoms in total. The Bertz CT molecular complexity index is 522. The largest absolute Gasteiger partial charge is 0.490 e. The van der Waals surface area contributed by atoms with Gasteiger partial charge < -0.3 is 15.4 Å². The molecule has 120 valence electrons. The lowest BCUT2D eigenvalue weighted by atomic mass is 10.1. The van der Waals surface area contributed by atoms with Gasteiger partial charge in [0.25, 0.3) is 5.69 Å². The molecule has 0 spiro atoms. The van der Waals surface area contributed by atoms with E-state index in [1.165, 1.54) is 12.1 Å². The molecule has 1 aromatic rings. The maximum absolute atomic E-state index is 11.9. The molecule has 1 atom stereocenters. The first-order valence-corrected chi connectivity index (χ1v) is 7.40. The van der Waals surface area contributed by atoms with Gasteiger partial charge in [0.1, 0.15) is 11.9 Å². The molecule has 1 aromatic carbocycles. The second-order valence-corrected chi connectivity index (χ2v) is 5.63. The first-order chi connectivity index (χ1) is 10.5. The number of nitro groups is 1. The molecule has 0 radical (unpaired) electrons. The molecule has 1 aliphatic rings. The third kappa shape index (κ3) is 4.42. The van der Waals surface area contributed by atoms with Crippen molar-refractivity contribution in [3.63, 3.8) is 0 Å². The van der Waals surface area contributed by atoms with Crippen LogP contribution in [0.15, 0.2) is 24.3 Å². The molecule has 0 bridgehead atoms. The van der Waals surface area contributed by atoms with E-state index >= 15 is 0 Å². The van der Waals surface area contributed by atoms with Crippen LogP contribution in [-0.2, 0) is 4.79 Å². The first kappa shape index (κ1) is 16.2. The number of rotatable bonds is 5. The van der Waals surface area contributed by atoms with Crippen molar-refractivity contribution in [1.82, 2.24) is 4.90 Å². The van der Waals surface area contributed by atoms with Crippen LogP contribution in [0.4, 0.5) is 5.69 Å². The third-order valence-electron chi connectivity index (χ3n) is 3.64. The highest BCUT2D eigenvalue weighted by Gasteiger charge is 2.24. The van der Waals surface area contributed by atoms with E-state index in [-0.39, 0.29) is 23.7 Å². The fourth-order valence-corrected chi connectivity index (χ4v) is 2.47. The molecule has 1 saturated heterocycles. The van der Waals surface area contributed by atoms with E-state index in [0.29, 0.717) is 25.3 Å². The summed E-state index contributed by atoms with van der Waals surface area (Å²) < 4.78 is 5.81. The van der Waals surface area contributed by atoms with Crippen LogP contribution >= 0.6 is 0 Å². The van der Waals surface area contributed by atoms with Crippen molar-refractivity contribution >= 4 is 11.6 Å². The molecule has 0 saturated carbocycles. The lowest BCUT2D eigenvalue weighted by Gasteiger charge is -2.32. The van der Waals surface area contributed by atoms with E-state index in [4.69, 9.17) is 10.5 Å². The van der Waals surface area contributed by atoms with Gasteiger partial charge in [-0.05, 0) is 19.1 Å². The monoisotopic (exact) mass is 307 g/mol. The zero-order valence-corrected chi connectivity index (χ0v) is 12.6. The summed E-state index contributed by atoms with van der Waals surface area (Å²) in [6.45, 7) is 3.13. The number of carbonyl (C=O) groups excluding carboxylic acids is 1. The van der Waals surface area contributed by atoms with Gasteiger partial charge in [-0.3, -0.25) is 14.9 Å². The predicted molar refractivity (Wildman–Crippen MR) is 81.6 cm³/mol. The van der Waals surface area contributed by atoms with E-state index in [0.717, 1.165) is 12.8 Å². The van der Waals surface area contributed by atoms with E-state index in [9.17, 15) is 14.9 Å². The Hall–Kier alpha value is -2.15. The number of ether oxygens (including phenoxy) is 1. The van der Waals surface area contributed by atoms with Gasteiger partial charge in [-0.1, -0.05) is 0 Å². The molecular weight excluding hydrogens is 286 g/mol. The number of nitro benzene ring substituents is 1. The SMILES string of the molecule is CC(N)CC(=O)N1CCC(Oc2ccc([N+](=O)[O-])cc2)CC1. The molecule has 0 aliphatic carbocycles. The van der Waals surface area contributed by atoms with Gasteiger partial charge in [0.2, 0.25) is 5.91 Å². The average Bonchev–Trinajstić information content (AvgIpc) is 2.48. The van der Waals surface area contributed by atoms with Crippen LogP contribution in [-0.4, -0.2) is 41.0 Å². The molecule has 1 unspecified atom stereocenters. The van der Waals surface area contributed by atoms with E-state index in [2.05, 4.69) is 0 Å². The highest BCUT2D eigenvalue weighted by atomic mass is 16.6. The maximum atomic E-state index is 11.9. The number of piperidine rings is 1. The maximum Gasteiger partial charge on any atom is 0.269 e. The second kappa shape index (κ2) is 7.22. The van der Waals surface area contributed by atoms with Crippen molar-refractivity contribution in [2.75, 3.05) is 13.1 Å². The summed E-state index contributed by atoms with van der Waals surface area (Å²) in [5.41, 5.74) is 5.69. The molecule has 0 aromatic heterocycles. The van der Waals surface area contributed by atoms with Crippen molar-refractivity contribution in [3.8, 4) is 5.75 Å². The van der Waals surface area contributed by atoms with Gasteiger partial charge in [0.05, 0.1) is 4.92 Å². The van der Waals surface area contributed by atoms with Crippen LogP contribution in [0.1, 0.15) is 26.2 Å². The number of nitrogens with two attached hydrogens (primary N) is 1. The third-order valence-corrected chi connectivity index (χ3v) is 3.64. The highest BCUT2D eigenvalue weighted by molar-refractivity contribution is 5.76. The Morgan fingerprint density at radius 3 is 2.50 bits per heavy atom. The smallest absolute Gasteiger partial charge is 0.269 e. The molecule has 1 heterocycles. The fourth-order valence-electron chi connectivity index (χ4n) is 2.47. The van der Waals surface area contributed by atoms with Crippen LogP contribution in [0.3, 0.4) is 0 Å². The molecule has 1 aliphatic heterocycles. The summed E-state index contributed by atoms with van der Waals surface area (Å²) in [5, 5.41) is 10.6. The van der Waals surface area contributed by atoms with E-state index in [1.54, 1.807) is 12.1 Å². The Labute approximate surface area is 129 Å². The Balaban J connectivity index is 1.82. The number of likely N-dealkylation sites (tertiary alicyclic amines) is 1. The van der Waals surface area contributed by atoms with Crippen LogP contribution in [0.5, 0.6) is 5.75 Å². The van der Waals surface area contributed by atoms with Gasteiger partial charge in [-0.25, -0.2) is 0 Å². The van der Waals surface area contributed by atoms with Crippen molar-refractivity contribution in [3.05, 3.63) is 34.4 Å². The minimum atomic E-state index is -0.438. The molecule has 2 rings (SSSR count). The predicted octanol–water partition coefficient (Wildman–Crippen LogP) is 1.70. The van der Waals surface area contributed by atoms with Crippen molar-refractivity contribution < 1.29 is 14.5 Å². The summed E-state index contributed by atoms with van der Waals surface area (Å²) in [4.78, 5) is 23.9. The van der Waals surface area contributed by atoms with E-state index in [1.807, 2.05) is 11.8 Å². The van der Waals surface area contributed by atoms with Gasteiger partial charge >= 0.3 is 0 Å². The number of hydrogen-bond acceptors (Lipinski definition) is 5. The van der Waals surface area contributed by atoms with E-state index < -0.39 is 4.92 Å². The Kier molecular flexibility index (Phi) is 5.32. The highest BCUT2D eigenvalue weighted by Crippen LogP contribution is 2.22. The van der Waals surface area contributed by atoms with Crippen molar-refractivity contribution in [2.45, 2.75) is 38.3 Å². The summed E-state index contributed by atoms with van der Waals surface area (Å²) in [6.07, 6.45) is 1.90. The molecule has 1 amide bonds. The Morgan fingerprint density at radius 2 is 2.00 bits per heavy atom. The zero-order chi connectivity index (χ0) is 16.1. The van der Waals surface area contributed by atoms with Gasteiger partial charge in [0, 0.05) is 50.5 Å². The van der Waals surface area contributed by atoms with Crippen LogP contribution in [0, 0.1) is 10.1 Å². The topological polar surface area (TPSA) is 98.7 Å². The lowest BCUT2D eigenvalue weighted by molar-refractivity contribution is -0.384. The molecular formula is C15H21N3O4. The molecule has 22 heavy (non-hydrogen) atoms. The second-order valence-electron chi connectivity index (χ2n) is 5.63. The van der Waals surface area contributed by atoms with Gasteiger partial charge in [0.15, 0.2) is 0 Å². The summed E-state index contributed by atoms with van der Waals surface area (Å²) >= 11 is 0. The minimum absolute atomic E-state index is 0.0285.